The largest absolute Gasteiger partial charge is 0.493 e. The van der Waals surface area contributed by atoms with Gasteiger partial charge in [-0.1, -0.05) is 13.0 Å². The van der Waals surface area contributed by atoms with Gasteiger partial charge < -0.3 is 10.5 Å². The van der Waals surface area contributed by atoms with Crippen molar-refractivity contribution in [3.63, 3.8) is 0 Å². The van der Waals surface area contributed by atoms with E-state index in [-0.39, 0.29) is 5.82 Å². The number of ether oxygens (including phenoxy) is 1. The molecule has 0 fully saturated rings. The summed E-state index contributed by atoms with van der Waals surface area (Å²) in [6.45, 7) is 4.82. The van der Waals surface area contributed by atoms with Crippen LogP contribution in [0.1, 0.15) is 12.5 Å². The van der Waals surface area contributed by atoms with E-state index in [4.69, 9.17) is 10.5 Å². The third-order valence-electron chi connectivity index (χ3n) is 2.08. The van der Waals surface area contributed by atoms with Crippen molar-refractivity contribution in [1.82, 2.24) is 0 Å². The van der Waals surface area contributed by atoms with Crippen LogP contribution in [0, 0.1) is 18.7 Å². The molecule has 1 rings (SSSR count). The third kappa shape index (κ3) is 3.00. The van der Waals surface area contributed by atoms with Crippen molar-refractivity contribution in [2.24, 2.45) is 11.7 Å². The molecule has 0 bridgehead atoms. The molecule has 0 aliphatic carbocycles. The summed E-state index contributed by atoms with van der Waals surface area (Å²) in [6.07, 6.45) is 0. The van der Waals surface area contributed by atoms with E-state index in [0.717, 1.165) is 0 Å². The molecule has 0 saturated carbocycles. The number of rotatable bonds is 4. The number of hydrogen-bond acceptors (Lipinski definition) is 2. The van der Waals surface area contributed by atoms with Crippen LogP contribution in [0.3, 0.4) is 0 Å². The molecule has 0 aliphatic heterocycles. The van der Waals surface area contributed by atoms with Gasteiger partial charge in [0, 0.05) is 12.0 Å². The van der Waals surface area contributed by atoms with Crippen LogP contribution < -0.4 is 10.5 Å². The molecule has 1 aromatic rings. The predicted molar refractivity (Wildman–Crippen MR) is 54.9 cm³/mol. The Morgan fingerprint density at radius 1 is 1.50 bits per heavy atom. The normalized spacial score (nSPS) is 12.6. The van der Waals surface area contributed by atoms with Crippen molar-refractivity contribution in [1.29, 1.82) is 0 Å². The molecule has 0 radical (unpaired) electrons. The molecule has 1 atom stereocenters. The van der Waals surface area contributed by atoms with E-state index in [1.54, 1.807) is 19.1 Å². The molecule has 3 heteroatoms. The van der Waals surface area contributed by atoms with Crippen LogP contribution >= 0.6 is 0 Å². The highest BCUT2D eigenvalue weighted by atomic mass is 19.1. The van der Waals surface area contributed by atoms with E-state index in [1.165, 1.54) is 6.07 Å². The Bertz CT molecular complexity index is 301. The SMILES string of the molecule is Cc1ccc(OCC(C)CN)cc1F. The molecule has 2 N–H and O–H groups in total. The average molecular weight is 197 g/mol. The second kappa shape index (κ2) is 4.96. The van der Waals surface area contributed by atoms with Gasteiger partial charge in [-0.15, -0.1) is 0 Å². The Morgan fingerprint density at radius 2 is 2.21 bits per heavy atom. The molecule has 0 aliphatic rings. The fourth-order valence-electron chi connectivity index (χ4n) is 0.970. The Hall–Kier alpha value is -1.09. The van der Waals surface area contributed by atoms with Crippen molar-refractivity contribution >= 4 is 0 Å². The average Bonchev–Trinajstić information content (AvgIpc) is 2.19. The summed E-state index contributed by atoms with van der Waals surface area (Å²) in [4.78, 5) is 0. The standard InChI is InChI=1S/C11H16FNO/c1-8(6-13)7-14-10-4-3-9(2)11(12)5-10/h3-5,8H,6-7,13H2,1-2H3. The zero-order chi connectivity index (χ0) is 10.6. The zero-order valence-electron chi connectivity index (χ0n) is 8.59. The van der Waals surface area contributed by atoms with Gasteiger partial charge in [-0.2, -0.15) is 0 Å². The van der Waals surface area contributed by atoms with Crippen molar-refractivity contribution < 1.29 is 9.13 Å². The number of nitrogens with two attached hydrogens (primary N) is 1. The van der Waals surface area contributed by atoms with Crippen molar-refractivity contribution in [2.75, 3.05) is 13.2 Å². The molecule has 0 heterocycles. The number of aryl methyl sites for hydroxylation is 1. The molecule has 1 aromatic carbocycles. The molecule has 1 unspecified atom stereocenters. The fraction of sp³-hybridized carbons (Fsp3) is 0.455. The molecular weight excluding hydrogens is 181 g/mol. The van der Waals surface area contributed by atoms with Crippen molar-refractivity contribution in [3.05, 3.63) is 29.6 Å². The monoisotopic (exact) mass is 197 g/mol. The van der Waals surface area contributed by atoms with E-state index < -0.39 is 0 Å². The summed E-state index contributed by atoms with van der Waals surface area (Å²) in [7, 11) is 0. The van der Waals surface area contributed by atoms with Gasteiger partial charge in [0.15, 0.2) is 0 Å². The third-order valence-corrected chi connectivity index (χ3v) is 2.08. The first-order chi connectivity index (χ1) is 6.63. The molecule has 2 nitrogen and oxygen atoms in total. The van der Waals surface area contributed by atoms with Crippen LogP contribution in [0.25, 0.3) is 0 Å². The highest BCUT2D eigenvalue weighted by molar-refractivity contribution is 5.27. The Balaban J connectivity index is 2.55. The van der Waals surface area contributed by atoms with Gasteiger partial charge in [0.1, 0.15) is 11.6 Å². The van der Waals surface area contributed by atoms with Crippen LogP contribution in [0.4, 0.5) is 4.39 Å². The topological polar surface area (TPSA) is 35.2 Å². The van der Waals surface area contributed by atoms with Gasteiger partial charge in [0.2, 0.25) is 0 Å². The second-order valence-corrected chi connectivity index (χ2v) is 3.56. The predicted octanol–water partition coefficient (Wildman–Crippen LogP) is 2.11. The summed E-state index contributed by atoms with van der Waals surface area (Å²) in [5.41, 5.74) is 6.07. The van der Waals surface area contributed by atoms with E-state index >= 15 is 0 Å². The first-order valence-corrected chi connectivity index (χ1v) is 4.72. The first-order valence-electron chi connectivity index (χ1n) is 4.72. The van der Waals surface area contributed by atoms with E-state index in [9.17, 15) is 4.39 Å². The van der Waals surface area contributed by atoms with E-state index in [2.05, 4.69) is 0 Å². The molecule has 0 saturated heterocycles. The minimum absolute atomic E-state index is 0.233. The summed E-state index contributed by atoms with van der Waals surface area (Å²) in [6, 6.07) is 4.87. The summed E-state index contributed by atoms with van der Waals surface area (Å²) >= 11 is 0. The van der Waals surface area contributed by atoms with Crippen molar-refractivity contribution in [2.45, 2.75) is 13.8 Å². The maximum Gasteiger partial charge on any atom is 0.129 e. The van der Waals surface area contributed by atoms with Gasteiger partial charge in [0.25, 0.3) is 0 Å². The Kier molecular flexibility index (Phi) is 3.89. The Morgan fingerprint density at radius 3 is 2.79 bits per heavy atom. The van der Waals surface area contributed by atoms with Crippen LogP contribution in [0.5, 0.6) is 5.75 Å². The van der Waals surface area contributed by atoms with Crippen LogP contribution in [-0.2, 0) is 0 Å². The highest BCUT2D eigenvalue weighted by Gasteiger charge is 2.02. The van der Waals surface area contributed by atoms with Gasteiger partial charge in [-0.05, 0) is 25.1 Å². The van der Waals surface area contributed by atoms with E-state index in [0.29, 0.717) is 30.4 Å². The molecular formula is C11H16FNO. The lowest BCUT2D eigenvalue weighted by molar-refractivity contribution is 0.263. The lowest BCUT2D eigenvalue weighted by atomic mass is 10.2. The van der Waals surface area contributed by atoms with Crippen LogP contribution in [-0.4, -0.2) is 13.2 Å². The molecule has 14 heavy (non-hydrogen) atoms. The molecule has 0 spiro atoms. The maximum absolute atomic E-state index is 13.1. The summed E-state index contributed by atoms with van der Waals surface area (Å²) < 4.78 is 18.5. The summed E-state index contributed by atoms with van der Waals surface area (Å²) in [5, 5.41) is 0. The smallest absolute Gasteiger partial charge is 0.129 e. The maximum atomic E-state index is 13.1. The fourth-order valence-corrected chi connectivity index (χ4v) is 0.970. The van der Waals surface area contributed by atoms with Crippen LogP contribution in [0.15, 0.2) is 18.2 Å². The van der Waals surface area contributed by atoms with Gasteiger partial charge >= 0.3 is 0 Å². The molecule has 78 valence electrons. The van der Waals surface area contributed by atoms with E-state index in [1.807, 2.05) is 6.92 Å². The van der Waals surface area contributed by atoms with Crippen LogP contribution in [0.2, 0.25) is 0 Å². The lowest BCUT2D eigenvalue weighted by Crippen LogP contribution is -2.18. The van der Waals surface area contributed by atoms with Gasteiger partial charge in [0.05, 0.1) is 6.61 Å². The molecule has 0 amide bonds. The first kappa shape index (κ1) is 11.0. The minimum Gasteiger partial charge on any atom is -0.493 e. The summed E-state index contributed by atoms with van der Waals surface area (Å²) in [5.74, 6) is 0.621. The number of hydrogen-bond donors (Lipinski definition) is 1. The lowest BCUT2D eigenvalue weighted by Gasteiger charge is -2.11. The van der Waals surface area contributed by atoms with Gasteiger partial charge in [-0.25, -0.2) is 4.39 Å². The Labute approximate surface area is 83.9 Å². The van der Waals surface area contributed by atoms with Crippen molar-refractivity contribution in [3.8, 4) is 5.75 Å². The zero-order valence-corrected chi connectivity index (χ0v) is 8.59. The highest BCUT2D eigenvalue weighted by Crippen LogP contribution is 2.16. The molecule has 0 aromatic heterocycles. The minimum atomic E-state index is -0.233. The quantitative estimate of drug-likeness (QED) is 0.802. The number of halogens is 1. The van der Waals surface area contributed by atoms with Gasteiger partial charge in [-0.3, -0.25) is 0 Å². The second-order valence-electron chi connectivity index (χ2n) is 3.56. The number of benzene rings is 1.